The molecule has 0 aliphatic heterocycles. The van der Waals surface area contributed by atoms with Crippen molar-refractivity contribution in [3.8, 4) is 0 Å². The fraction of sp³-hybridized carbons (Fsp3) is 0.538. The van der Waals surface area contributed by atoms with Crippen molar-refractivity contribution in [3.63, 3.8) is 0 Å². The Morgan fingerprint density at radius 3 is 2.94 bits per heavy atom. The van der Waals surface area contributed by atoms with Crippen LogP contribution in [0.15, 0.2) is 18.2 Å². The number of ether oxygens (including phenoxy) is 1. The van der Waals surface area contributed by atoms with Gasteiger partial charge >= 0.3 is 0 Å². The summed E-state index contributed by atoms with van der Waals surface area (Å²) in [5.41, 5.74) is 6.79. The van der Waals surface area contributed by atoms with Gasteiger partial charge in [0.2, 0.25) is 0 Å². The summed E-state index contributed by atoms with van der Waals surface area (Å²) in [5, 5.41) is 0.145. The summed E-state index contributed by atoms with van der Waals surface area (Å²) in [6, 6.07) is 4.93. The van der Waals surface area contributed by atoms with Gasteiger partial charge in [-0.15, -0.1) is 0 Å². The largest absolute Gasteiger partial charge is 0.373 e. The fourth-order valence-corrected chi connectivity index (χ4v) is 2.38. The van der Waals surface area contributed by atoms with Crippen LogP contribution in [-0.2, 0) is 11.3 Å². The molecule has 94 valence electrons. The van der Waals surface area contributed by atoms with Crippen molar-refractivity contribution >= 4 is 11.6 Å². The van der Waals surface area contributed by atoms with E-state index in [1.807, 2.05) is 0 Å². The van der Waals surface area contributed by atoms with E-state index in [4.69, 9.17) is 22.1 Å². The second kappa shape index (κ2) is 5.80. The lowest BCUT2D eigenvalue weighted by atomic mass is 9.93. The van der Waals surface area contributed by atoms with Crippen LogP contribution in [0.1, 0.15) is 31.2 Å². The minimum Gasteiger partial charge on any atom is -0.373 e. The third kappa shape index (κ3) is 3.66. The summed E-state index contributed by atoms with van der Waals surface area (Å²) < 4.78 is 18.7. The molecule has 1 fully saturated rings. The molecule has 0 saturated heterocycles. The Morgan fingerprint density at radius 2 is 2.24 bits per heavy atom. The fourth-order valence-electron chi connectivity index (χ4n) is 2.18. The summed E-state index contributed by atoms with van der Waals surface area (Å²) in [6.45, 7) is 0.470. The van der Waals surface area contributed by atoms with Crippen molar-refractivity contribution in [1.82, 2.24) is 0 Å². The minimum atomic E-state index is -0.393. The van der Waals surface area contributed by atoms with E-state index in [0.717, 1.165) is 31.2 Å². The average molecular weight is 258 g/mol. The lowest BCUT2D eigenvalue weighted by Crippen LogP contribution is -2.32. The summed E-state index contributed by atoms with van der Waals surface area (Å²) >= 11 is 5.71. The topological polar surface area (TPSA) is 35.2 Å². The van der Waals surface area contributed by atoms with Gasteiger partial charge in [0.05, 0.1) is 17.7 Å². The predicted molar refractivity (Wildman–Crippen MR) is 66.4 cm³/mol. The molecule has 1 aliphatic carbocycles. The maximum Gasteiger partial charge on any atom is 0.141 e. The first-order valence-electron chi connectivity index (χ1n) is 5.96. The molecule has 0 radical (unpaired) electrons. The molecule has 1 saturated carbocycles. The zero-order valence-electron chi connectivity index (χ0n) is 9.66. The van der Waals surface area contributed by atoms with Gasteiger partial charge in [-0.25, -0.2) is 4.39 Å². The van der Waals surface area contributed by atoms with Crippen molar-refractivity contribution < 1.29 is 9.13 Å². The average Bonchev–Trinajstić information content (AvgIpc) is 2.31. The number of halogens is 2. The lowest BCUT2D eigenvalue weighted by molar-refractivity contribution is 0.0122. The Bertz CT molecular complexity index is 386. The van der Waals surface area contributed by atoms with Crippen molar-refractivity contribution in [2.24, 2.45) is 5.73 Å². The highest BCUT2D eigenvalue weighted by atomic mass is 35.5. The highest BCUT2D eigenvalue weighted by Crippen LogP contribution is 2.22. The van der Waals surface area contributed by atoms with E-state index in [2.05, 4.69) is 0 Å². The molecule has 0 amide bonds. The second-order valence-corrected chi connectivity index (χ2v) is 5.02. The summed E-state index contributed by atoms with van der Waals surface area (Å²) in [7, 11) is 0. The molecule has 4 heteroatoms. The van der Waals surface area contributed by atoms with E-state index >= 15 is 0 Å². The Kier molecular flexibility index (Phi) is 4.37. The van der Waals surface area contributed by atoms with E-state index < -0.39 is 5.82 Å². The van der Waals surface area contributed by atoms with Gasteiger partial charge in [-0.1, -0.05) is 17.7 Å². The van der Waals surface area contributed by atoms with Crippen LogP contribution in [0.2, 0.25) is 5.02 Å². The molecular weight excluding hydrogens is 241 g/mol. The van der Waals surface area contributed by atoms with Crippen molar-refractivity contribution in [2.45, 2.75) is 44.4 Å². The molecular formula is C13H17ClFNO. The molecule has 1 aliphatic rings. The van der Waals surface area contributed by atoms with Gasteiger partial charge < -0.3 is 10.5 Å². The van der Waals surface area contributed by atoms with E-state index in [-0.39, 0.29) is 17.2 Å². The zero-order chi connectivity index (χ0) is 12.3. The maximum atomic E-state index is 13.0. The van der Waals surface area contributed by atoms with E-state index in [9.17, 15) is 4.39 Å². The predicted octanol–water partition coefficient (Wildman–Crippen LogP) is 3.27. The molecule has 2 rings (SSSR count). The van der Waals surface area contributed by atoms with Crippen LogP contribution in [0.5, 0.6) is 0 Å². The second-order valence-electron chi connectivity index (χ2n) is 4.61. The molecule has 1 aromatic carbocycles. The van der Waals surface area contributed by atoms with Crippen LogP contribution < -0.4 is 5.73 Å². The van der Waals surface area contributed by atoms with Crippen molar-refractivity contribution in [3.05, 3.63) is 34.6 Å². The normalized spacial score (nSPS) is 24.9. The SMILES string of the molecule is NC1CCCC(OCc2ccc(F)c(Cl)c2)C1. The van der Waals surface area contributed by atoms with Gasteiger partial charge in [-0.2, -0.15) is 0 Å². The third-order valence-corrected chi connectivity index (χ3v) is 3.43. The number of benzene rings is 1. The first-order chi connectivity index (χ1) is 8.15. The Morgan fingerprint density at radius 1 is 1.41 bits per heavy atom. The van der Waals surface area contributed by atoms with Crippen molar-refractivity contribution in [2.75, 3.05) is 0 Å². The molecule has 0 heterocycles. The molecule has 0 bridgehead atoms. The maximum absolute atomic E-state index is 13.0. The van der Waals surface area contributed by atoms with Crippen LogP contribution in [0.3, 0.4) is 0 Å². The monoisotopic (exact) mass is 257 g/mol. The summed E-state index contributed by atoms with van der Waals surface area (Å²) in [4.78, 5) is 0. The third-order valence-electron chi connectivity index (χ3n) is 3.14. The van der Waals surface area contributed by atoms with Gasteiger partial charge in [0.25, 0.3) is 0 Å². The number of hydrogen-bond acceptors (Lipinski definition) is 2. The molecule has 2 atom stereocenters. The van der Waals surface area contributed by atoms with E-state index in [1.165, 1.54) is 6.07 Å². The van der Waals surface area contributed by atoms with Crippen LogP contribution in [0.4, 0.5) is 4.39 Å². The first kappa shape index (κ1) is 12.8. The quantitative estimate of drug-likeness (QED) is 0.902. The highest BCUT2D eigenvalue weighted by Gasteiger charge is 2.19. The molecule has 2 N–H and O–H groups in total. The smallest absolute Gasteiger partial charge is 0.141 e. The van der Waals surface area contributed by atoms with Gasteiger partial charge in [0.1, 0.15) is 5.82 Å². The molecule has 1 aromatic rings. The minimum absolute atomic E-state index is 0.145. The van der Waals surface area contributed by atoms with Gasteiger partial charge in [0.15, 0.2) is 0 Å². The van der Waals surface area contributed by atoms with Crippen LogP contribution in [0, 0.1) is 5.82 Å². The zero-order valence-corrected chi connectivity index (χ0v) is 10.4. The van der Waals surface area contributed by atoms with E-state index in [1.54, 1.807) is 12.1 Å². The molecule has 2 unspecified atom stereocenters. The first-order valence-corrected chi connectivity index (χ1v) is 6.34. The van der Waals surface area contributed by atoms with Gasteiger partial charge in [0, 0.05) is 6.04 Å². The Balaban J connectivity index is 1.86. The van der Waals surface area contributed by atoms with Gasteiger partial charge in [-0.3, -0.25) is 0 Å². The van der Waals surface area contributed by atoms with Crippen LogP contribution in [-0.4, -0.2) is 12.1 Å². The van der Waals surface area contributed by atoms with Crippen molar-refractivity contribution in [1.29, 1.82) is 0 Å². The Hall–Kier alpha value is -0.640. The molecule has 17 heavy (non-hydrogen) atoms. The van der Waals surface area contributed by atoms with Gasteiger partial charge in [-0.05, 0) is 43.4 Å². The standard InChI is InChI=1S/C13H17ClFNO/c14-12-6-9(4-5-13(12)15)8-17-11-3-1-2-10(16)7-11/h4-6,10-11H,1-3,7-8,16H2. The lowest BCUT2D eigenvalue weighted by Gasteiger charge is -2.26. The summed E-state index contributed by atoms with van der Waals surface area (Å²) in [6.07, 6.45) is 4.40. The van der Waals surface area contributed by atoms with Crippen LogP contribution >= 0.6 is 11.6 Å². The highest BCUT2D eigenvalue weighted by molar-refractivity contribution is 6.30. The number of nitrogens with two attached hydrogens (primary N) is 1. The molecule has 2 nitrogen and oxygen atoms in total. The van der Waals surface area contributed by atoms with Crippen LogP contribution in [0.25, 0.3) is 0 Å². The number of hydrogen-bond donors (Lipinski definition) is 1. The molecule has 0 spiro atoms. The Labute approximate surface area is 106 Å². The number of rotatable bonds is 3. The summed E-state index contributed by atoms with van der Waals surface area (Å²) in [5.74, 6) is -0.393. The van der Waals surface area contributed by atoms with E-state index in [0.29, 0.717) is 6.61 Å². The molecule has 0 aromatic heterocycles.